The molecule has 0 aromatic carbocycles. The van der Waals surface area contributed by atoms with E-state index in [9.17, 15) is 9.59 Å². The highest BCUT2D eigenvalue weighted by atomic mass is 16.4. The Kier molecular flexibility index (Phi) is 5.88. The quantitative estimate of drug-likeness (QED) is 0.453. The van der Waals surface area contributed by atoms with E-state index in [4.69, 9.17) is 15.9 Å². The number of aliphatic hydroxyl groups is 1. The molecule has 0 heterocycles. The first-order valence-electron chi connectivity index (χ1n) is 4.83. The summed E-state index contributed by atoms with van der Waals surface area (Å²) >= 11 is 0. The smallest absolute Gasteiger partial charge is 0.328 e. The molecular weight excluding hydrogens is 200 g/mol. The van der Waals surface area contributed by atoms with E-state index in [1.807, 2.05) is 6.92 Å². The third-order valence-electron chi connectivity index (χ3n) is 2.36. The molecule has 2 unspecified atom stereocenters. The lowest BCUT2D eigenvalue weighted by molar-refractivity contribution is -0.143. The van der Waals surface area contributed by atoms with Gasteiger partial charge < -0.3 is 21.3 Å². The average molecular weight is 218 g/mol. The maximum absolute atomic E-state index is 11.4. The third kappa shape index (κ3) is 4.26. The number of rotatable bonds is 6. The Labute approximate surface area is 88.5 Å². The highest BCUT2D eigenvalue weighted by molar-refractivity contribution is 5.87. The standard InChI is InChI=1S/C9H18N2O4/c1-3-5(2)7(10)8(13)11-6(4-12)9(14)15/h5-7,12H,3-4,10H2,1-2H3,(H,11,13)(H,14,15)/t5?,6-,7?/m1/s1. The lowest BCUT2D eigenvalue weighted by atomic mass is 9.99. The van der Waals surface area contributed by atoms with Crippen molar-refractivity contribution >= 4 is 11.9 Å². The zero-order valence-corrected chi connectivity index (χ0v) is 8.93. The van der Waals surface area contributed by atoms with Gasteiger partial charge in [-0.2, -0.15) is 0 Å². The van der Waals surface area contributed by atoms with E-state index < -0.39 is 30.6 Å². The molecule has 6 heteroatoms. The largest absolute Gasteiger partial charge is 0.480 e. The van der Waals surface area contributed by atoms with Gasteiger partial charge in [-0.05, 0) is 5.92 Å². The van der Waals surface area contributed by atoms with E-state index in [0.717, 1.165) is 6.42 Å². The Morgan fingerprint density at radius 3 is 2.33 bits per heavy atom. The van der Waals surface area contributed by atoms with Crippen LogP contribution in [0.4, 0.5) is 0 Å². The number of carbonyl (C=O) groups excluding carboxylic acids is 1. The minimum Gasteiger partial charge on any atom is -0.480 e. The number of amides is 1. The summed E-state index contributed by atoms with van der Waals surface area (Å²) in [6, 6.07) is -2.03. The Hall–Kier alpha value is -1.14. The first kappa shape index (κ1) is 13.9. The zero-order valence-electron chi connectivity index (χ0n) is 8.93. The van der Waals surface area contributed by atoms with E-state index in [2.05, 4.69) is 5.32 Å². The maximum atomic E-state index is 11.4. The topological polar surface area (TPSA) is 113 Å². The molecule has 3 atom stereocenters. The number of nitrogens with two attached hydrogens (primary N) is 1. The molecule has 0 bridgehead atoms. The first-order chi connectivity index (χ1) is 6.93. The minimum atomic E-state index is -1.28. The van der Waals surface area contributed by atoms with Crippen LogP contribution in [0.25, 0.3) is 0 Å². The number of hydrogen-bond donors (Lipinski definition) is 4. The van der Waals surface area contributed by atoms with Crippen molar-refractivity contribution in [3.63, 3.8) is 0 Å². The number of hydrogen-bond acceptors (Lipinski definition) is 4. The van der Waals surface area contributed by atoms with Crippen molar-refractivity contribution in [1.82, 2.24) is 5.32 Å². The van der Waals surface area contributed by atoms with Gasteiger partial charge in [-0.25, -0.2) is 4.79 Å². The third-order valence-corrected chi connectivity index (χ3v) is 2.36. The lowest BCUT2D eigenvalue weighted by Gasteiger charge is -2.20. The molecule has 0 aliphatic heterocycles. The van der Waals surface area contributed by atoms with Crippen molar-refractivity contribution in [3.05, 3.63) is 0 Å². The lowest BCUT2D eigenvalue weighted by Crippen LogP contribution is -2.51. The van der Waals surface area contributed by atoms with E-state index in [1.54, 1.807) is 6.92 Å². The molecule has 0 aromatic heterocycles. The van der Waals surface area contributed by atoms with E-state index in [-0.39, 0.29) is 5.92 Å². The van der Waals surface area contributed by atoms with Gasteiger partial charge in [-0.1, -0.05) is 20.3 Å². The number of carboxylic acid groups (broad SMARTS) is 1. The number of aliphatic carboxylic acids is 1. The van der Waals surface area contributed by atoms with Crippen molar-refractivity contribution in [2.45, 2.75) is 32.4 Å². The van der Waals surface area contributed by atoms with Crippen molar-refractivity contribution in [1.29, 1.82) is 0 Å². The van der Waals surface area contributed by atoms with Crippen molar-refractivity contribution in [2.24, 2.45) is 11.7 Å². The van der Waals surface area contributed by atoms with E-state index >= 15 is 0 Å². The summed E-state index contributed by atoms with van der Waals surface area (Å²) in [5.41, 5.74) is 5.59. The SMILES string of the molecule is CCC(C)C(N)C(=O)N[C@H](CO)C(=O)O. The summed E-state index contributed by atoms with van der Waals surface area (Å²) in [4.78, 5) is 21.9. The van der Waals surface area contributed by atoms with Gasteiger partial charge >= 0.3 is 5.97 Å². The van der Waals surface area contributed by atoms with Gasteiger partial charge in [0.1, 0.15) is 6.04 Å². The highest BCUT2D eigenvalue weighted by Crippen LogP contribution is 2.05. The summed E-state index contributed by atoms with van der Waals surface area (Å²) in [6.07, 6.45) is 0.728. The van der Waals surface area contributed by atoms with Crippen LogP contribution in [0.3, 0.4) is 0 Å². The van der Waals surface area contributed by atoms with Gasteiger partial charge in [-0.15, -0.1) is 0 Å². The molecule has 0 fully saturated rings. The maximum Gasteiger partial charge on any atom is 0.328 e. The number of nitrogens with one attached hydrogen (secondary N) is 1. The Bertz CT molecular complexity index is 232. The average Bonchev–Trinajstić information content (AvgIpc) is 2.22. The molecule has 6 nitrogen and oxygen atoms in total. The predicted octanol–water partition coefficient (Wildman–Crippen LogP) is -1.08. The second-order valence-corrected chi connectivity index (χ2v) is 3.49. The predicted molar refractivity (Wildman–Crippen MR) is 54.1 cm³/mol. The molecule has 0 aliphatic carbocycles. The fourth-order valence-corrected chi connectivity index (χ4v) is 0.966. The van der Waals surface area contributed by atoms with Gasteiger partial charge in [0, 0.05) is 0 Å². The zero-order chi connectivity index (χ0) is 12.0. The van der Waals surface area contributed by atoms with Crippen LogP contribution in [0.5, 0.6) is 0 Å². The van der Waals surface area contributed by atoms with Crippen LogP contribution in [0.2, 0.25) is 0 Å². The normalized spacial score (nSPS) is 16.5. The van der Waals surface area contributed by atoms with Gasteiger partial charge in [0.2, 0.25) is 5.91 Å². The van der Waals surface area contributed by atoms with Gasteiger partial charge in [-0.3, -0.25) is 4.79 Å². The molecule has 5 N–H and O–H groups in total. The van der Waals surface area contributed by atoms with Crippen molar-refractivity contribution < 1.29 is 19.8 Å². The second kappa shape index (κ2) is 6.36. The molecule has 0 aromatic rings. The van der Waals surface area contributed by atoms with Gasteiger partial charge in [0.25, 0.3) is 0 Å². The second-order valence-electron chi connectivity index (χ2n) is 3.49. The van der Waals surface area contributed by atoms with Crippen molar-refractivity contribution in [2.75, 3.05) is 6.61 Å². The van der Waals surface area contributed by atoms with Crippen LogP contribution in [-0.2, 0) is 9.59 Å². The molecule has 0 radical (unpaired) electrons. The van der Waals surface area contributed by atoms with Crippen LogP contribution in [0.1, 0.15) is 20.3 Å². The number of carboxylic acids is 1. The first-order valence-corrected chi connectivity index (χ1v) is 4.83. The molecule has 0 rings (SSSR count). The molecule has 0 aliphatic rings. The van der Waals surface area contributed by atoms with E-state index in [0.29, 0.717) is 0 Å². The molecular formula is C9H18N2O4. The number of aliphatic hydroxyl groups excluding tert-OH is 1. The summed E-state index contributed by atoms with van der Waals surface area (Å²) in [6.45, 7) is 3.05. The van der Waals surface area contributed by atoms with Crippen LogP contribution in [-0.4, -0.2) is 40.8 Å². The molecule has 15 heavy (non-hydrogen) atoms. The fraction of sp³-hybridized carbons (Fsp3) is 0.778. The monoisotopic (exact) mass is 218 g/mol. The van der Waals surface area contributed by atoms with Crippen LogP contribution in [0, 0.1) is 5.92 Å². The van der Waals surface area contributed by atoms with Crippen LogP contribution < -0.4 is 11.1 Å². The van der Waals surface area contributed by atoms with E-state index in [1.165, 1.54) is 0 Å². The van der Waals surface area contributed by atoms with Gasteiger partial charge in [0.05, 0.1) is 12.6 Å². The Balaban J connectivity index is 4.28. The molecule has 0 spiro atoms. The minimum absolute atomic E-state index is 0.0295. The van der Waals surface area contributed by atoms with Gasteiger partial charge in [0.15, 0.2) is 0 Å². The molecule has 0 saturated heterocycles. The van der Waals surface area contributed by atoms with Crippen LogP contribution in [0.15, 0.2) is 0 Å². The Morgan fingerprint density at radius 1 is 1.47 bits per heavy atom. The summed E-state index contributed by atoms with van der Waals surface area (Å²) in [7, 11) is 0. The summed E-state index contributed by atoms with van der Waals surface area (Å²) in [5, 5.41) is 19.4. The Morgan fingerprint density at radius 2 is 2.00 bits per heavy atom. The fourth-order valence-electron chi connectivity index (χ4n) is 0.966. The molecule has 1 amide bonds. The van der Waals surface area contributed by atoms with Crippen LogP contribution >= 0.6 is 0 Å². The summed E-state index contributed by atoms with van der Waals surface area (Å²) < 4.78 is 0. The number of carbonyl (C=O) groups is 2. The molecule has 0 saturated carbocycles. The summed E-state index contributed by atoms with van der Waals surface area (Å²) in [5.74, 6) is -1.86. The molecule has 88 valence electrons. The van der Waals surface area contributed by atoms with Crippen molar-refractivity contribution in [3.8, 4) is 0 Å². The highest BCUT2D eigenvalue weighted by Gasteiger charge is 2.24.